The Morgan fingerprint density at radius 1 is 0.574 bits per heavy atom. The summed E-state index contributed by atoms with van der Waals surface area (Å²) in [4.78, 5) is 101. The molecule has 6 unspecified atom stereocenters. The SMILES string of the molecule is CCCC(C(=O)O)C(CC(C(=O)O)C(CCC(C(=O)O)C(C)C(=O)NCCSCCc1ccc2sc3cc(=Nc4ccccc4S(=O)(=O)O)ccc-3nc2c1)C(=O)NCCSCCc1cc2nc3ccccc3sc-2cc1=Nc1cccc(S(=O)(=O)O)c1)C(=O)NCCS. The molecule has 0 bridgehead atoms. The topological polar surface area (TPSA) is 358 Å². The Bertz CT molecular complexity index is 4380. The molecule has 8 N–H and O–H groups in total. The van der Waals surface area contributed by atoms with Gasteiger partial charge < -0.3 is 31.3 Å². The van der Waals surface area contributed by atoms with E-state index in [1.165, 1.54) is 77.8 Å². The number of rotatable bonds is 34. The molecule has 94 heavy (non-hydrogen) atoms. The quantitative estimate of drug-likeness (QED) is 0.00784. The summed E-state index contributed by atoms with van der Waals surface area (Å²) >= 11 is 10.2. The van der Waals surface area contributed by atoms with Gasteiger partial charge >= 0.3 is 17.9 Å². The molecule has 4 aliphatic rings. The third kappa shape index (κ3) is 19.9. The van der Waals surface area contributed by atoms with Crippen molar-refractivity contribution in [1.29, 1.82) is 0 Å². The second-order valence-electron chi connectivity index (χ2n) is 22.2. The second-order valence-corrected chi connectivity index (χ2v) is 30.1. The number of nitrogens with one attached hydrogen (secondary N) is 3. The van der Waals surface area contributed by atoms with E-state index in [0.717, 1.165) is 41.3 Å². The Hall–Kier alpha value is -7.35. The van der Waals surface area contributed by atoms with Gasteiger partial charge in [0.1, 0.15) is 4.90 Å². The van der Waals surface area contributed by atoms with E-state index < -0.39 is 97.8 Å². The van der Waals surface area contributed by atoms with Gasteiger partial charge in [-0.15, -0.1) is 22.7 Å². The Morgan fingerprint density at radius 3 is 1.89 bits per heavy atom. The van der Waals surface area contributed by atoms with Crippen LogP contribution in [0.2, 0.25) is 0 Å². The lowest BCUT2D eigenvalue weighted by Gasteiger charge is -2.30. The number of thiol groups is 1. The number of hydrogen-bond acceptors (Lipinski definition) is 19. The smallest absolute Gasteiger partial charge is 0.307 e. The van der Waals surface area contributed by atoms with Gasteiger partial charge in [0.25, 0.3) is 20.2 Å². The van der Waals surface area contributed by atoms with Crippen molar-refractivity contribution >= 4 is 146 Å². The first-order valence-electron chi connectivity index (χ1n) is 30.1. The normalized spacial score (nSPS) is 14.3. The van der Waals surface area contributed by atoms with Gasteiger partial charge in [0.2, 0.25) is 17.7 Å². The largest absolute Gasteiger partial charge is 0.481 e. The standard InChI is InChI=1S/C65H71N7O15S7/c1-3-9-46(64(78)79)47(62(75)66-24-27-88)36-48(65(80)81)45(61(74)68-26-31-90-29-23-40-33-54-58(91-55-14-6-4-12-49(55)71-54)37-52(40)70-41-10-8-11-43(34-41)93(82,83)84)19-18-44(63(76)77)38(2)60(73)67-25-30-89-28-22-39-16-21-56-53(32-39)72-50-20-17-42(35-57(50)92-56)69-51-13-5-7-15-59(51)94(85,86)87/h4-8,10-17,20-21,32-35,37-38,44-48,88H,3,9,18-19,22-31,36H2,1-2H3,(H,66,75)(H,67,73)(H,68,74)(H,76,77)(H,78,79)(H,80,81)(H,82,83,84)(H,85,86,87). The molecule has 6 atom stereocenters. The van der Waals surface area contributed by atoms with E-state index in [1.54, 1.807) is 49.0 Å². The van der Waals surface area contributed by atoms with Gasteiger partial charge in [-0.3, -0.25) is 37.9 Å². The summed E-state index contributed by atoms with van der Waals surface area (Å²) in [5, 5.41) is 41.1. The van der Waals surface area contributed by atoms with Gasteiger partial charge in [-0.1, -0.05) is 56.7 Å². The Kier molecular flexibility index (Phi) is 26.1. The lowest BCUT2D eigenvalue weighted by Crippen LogP contribution is -2.45. The highest BCUT2D eigenvalue weighted by molar-refractivity contribution is 7.99. The van der Waals surface area contributed by atoms with Gasteiger partial charge in [-0.2, -0.15) is 53.0 Å². The second kappa shape index (κ2) is 33.9. The first kappa shape index (κ1) is 72.5. The summed E-state index contributed by atoms with van der Waals surface area (Å²) in [6.45, 7) is 3.45. The zero-order valence-corrected chi connectivity index (χ0v) is 56.9. The minimum absolute atomic E-state index is 0.0258. The van der Waals surface area contributed by atoms with Crippen LogP contribution in [0.1, 0.15) is 57.1 Å². The number of thioether (sulfide) groups is 2. The van der Waals surface area contributed by atoms with Gasteiger partial charge in [0, 0.05) is 42.8 Å². The molecule has 0 radical (unpaired) electrons. The van der Waals surface area contributed by atoms with Crippen LogP contribution in [0.5, 0.6) is 0 Å². The highest BCUT2D eigenvalue weighted by Gasteiger charge is 2.43. The van der Waals surface area contributed by atoms with E-state index in [4.69, 9.17) is 15.0 Å². The van der Waals surface area contributed by atoms with Crippen LogP contribution < -0.4 is 26.7 Å². The highest BCUT2D eigenvalue weighted by Crippen LogP contribution is 2.36. The number of carboxylic acids is 3. The minimum Gasteiger partial charge on any atom is -0.481 e. The summed E-state index contributed by atoms with van der Waals surface area (Å²) < 4.78 is 69.1. The zero-order chi connectivity index (χ0) is 67.7. The number of benzene rings is 6. The molecular weight excluding hydrogens is 1340 g/mol. The van der Waals surface area contributed by atoms with Gasteiger partial charge in [-0.05, 0) is 146 Å². The summed E-state index contributed by atoms with van der Waals surface area (Å²) in [6, 6.07) is 34.2. The molecule has 2 aliphatic heterocycles. The monoisotopic (exact) mass is 1410 g/mol. The van der Waals surface area contributed by atoms with Crippen molar-refractivity contribution in [3.8, 4) is 21.1 Å². The van der Waals surface area contributed by atoms with Gasteiger partial charge in [0.15, 0.2) is 0 Å². The molecule has 498 valence electrons. The van der Waals surface area contributed by atoms with Crippen molar-refractivity contribution < 1.29 is 70.0 Å². The van der Waals surface area contributed by atoms with Crippen LogP contribution in [0, 0.1) is 35.5 Å². The van der Waals surface area contributed by atoms with Crippen LogP contribution in [-0.2, 0) is 61.8 Å². The fourth-order valence-corrected chi connectivity index (χ4v) is 15.8. The predicted octanol–water partition coefficient (Wildman–Crippen LogP) is 9.55. The van der Waals surface area contributed by atoms with E-state index in [-0.39, 0.29) is 65.8 Å². The maximum absolute atomic E-state index is 14.5. The molecule has 3 amide bonds. The highest BCUT2D eigenvalue weighted by atomic mass is 32.2. The first-order chi connectivity index (χ1) is 44.9. The van der Waals surface area contributed by atoms with Crippen LogP contribution >= 0.6 is 58.8 Å². The Balaban J connectivity index is 0.905. The van der Waals surface area contributed by atoms with Crippen LogP contribution in [0.25, 0.3) is 41.6 Å². The molecule has 0 spiro atoms. The van der Waals surface area contributed by atoms with Crippen LogP contribution in [-0.4, -0.2) is 135 Å². The fraction of sp³-hybridized carbons (Fsp3) is 0.354. The Labute approximate surface area is 565 Å². The van der Waals surface area contributed by atoms with Crippen molar-refractivity contribution in [2.75, 3.05) is 48.4 Å². The lowest BCUT2D eigenvalue weighted by atomic mass is 9.74. The van der Waals surface area contributed by atoms with Crippen LogP contribution in [0.15, 0.2) is 141 Å². The van der Waals surface area contributed by atoms with E-state index in [2.05, 4.69) is 33.6 Å². The zero-order valence-electron chi connectivity index (χ0n) is 51.1. The molecule has 4 aromatic rings. The van der Waals surface area contributed by atoms with E-state index in [0.29, 0.717) is 64.4 Å². The Morgan fingerprint density at radius 2 is 1.20 bits per heavy atom. The van der Waals surface area contributed by atoms with Crippen molar-refractivity contribution in [2.24, 2.45) is 45.5 Å². The van der Waals surface area contributed by atoms with Gasteiger partial charge in [0.05, 0.1) is 98.1 Å². The number of carboxylic acid groups (broad SMARTS) is 3. The number of carbonyl (C=O) groups excluding carboxylic acids is 3. The van der Waals surface area contributed by atoms with E-state index >= 15 is 0 Å². The summed E-state index contributed by atoms with van der Waals surface area (Å²) in [5.74, 6) is -12.4. The molecule has 2 heterocycles. The van der Waals surface area contributed by atoms with Crippen molar-refractivity contribution in [2.45, 2.75) is 68.6 Å². The molecule has 22 nitrogen and oxygen atoms in total. The summed E-state index contributed by atoms with van der Waals surface area (Å²) in [6.07, 6.45) is 0.245. The van der Waals surface area contributed by atoms with Crippen LogP contribution in [0.4, 0.5) is 11.4 Å². The molecule has 0 fully saturated rings. The number of hydrogen-bond donors (Lipinski definition) is 9. The van der Waals surface area contributed by atoms with Crippen molar-refractivity contribution in [1.82, 2.24) is 25.9 Å². The fourth-order valence-electron chi connectivity index (χ4n) is 10.9. The average Bonchev–Trinajstić information content (AvgIpc) is 0.798. The molecule has 0 saturated heterocycles. The number of aliphatic carboxylic acids is 3. The first-order valence-corrected chi connectivity index (χ1v) is 37.5. The number of carbonyl (C=O) groups is 6. The van der Waals surface area contributed by atoms with Crippen LogP contribution in [0.3, 0.4) is 0 Å². The number of aromatic nitrogens is 2. The number of nitrogens with zero attached hydrogens (tertiary/aromatic N) is 4. The van der Waals surface area contributed by atoms with E-state index in [9.17, 15) is 70.0 Å². The average molecular weight is 1410 g/mol. The molecule has 0 aromatic heterocycles. The third-order valence-corrected chi connectivity index (χ3v) is 21.9. The molecule has 29 heteroatoms. The summed E-state index contributed by atoms with van der Waals surface area (Å²) in [7, 11) is -9.00. The predicted molar refractivity (Wildman–Crippen MR) is 369 cm³/mol. The lowest BCUT2D eigenvalue weighted by molar-refractivity contribution is -0.153. The number of aryl methyl sites for hydroxylation is 2. The molecule has 8 rings (SSSR count). The number of amides is 3. The van der Waals surface area contributed by atoms with E-state index in [1.807, 2.05) is 54.6 Å². The minimum atomic E-state index is -4.51. The number of fused-ring (bicyclic) bond motifs is 4. The maximum atomic E-state index is 14.5. The molecule has 0 saturated carbocycles. The molecule has 2 aliphatic carbocycles. The van der Waals surface area contributed by atoms with Crippen molar-refractivity contribution in [3.63, 3.8) is 0 Å². The molecular formula is C65H71N7O15S7. The summed E-state index contributed by atoms with van der Waals surface area (Å²) in [5.41, 5.74) is 5.18. The number of para-hydroxylation sites is 2. The maximum Gasteiger partial charge on any atom is 0.307 e. The van der Waals surface area contributed by atoms with Gasteiger partial charge in [-0.25, -0.2) is 20.0 Å². The van der Waals surface area contributed by atoms with Crippen molar-refractivity contribution in [3.05, 3.63) is 143 Å². The third-order valence-electron chi connectivity index (χ3n) is 15.7. The molecule has 4 aromatic carbocycles.